The van der Waals surface area contributed by atoms with Gasteiger partial charge in [-0.15, -0.1) is 0 Å². The van der Waals surface area contributed by atoms with Crippen LogP contribution in [0, 0.1) is 0 Å². The molecule has 0 aliphatic rings. The van der Waals surface area contributed by atoms with E-state index in [1.54, 1.807) is 0 Å². The van der Waals surface area contributed by atoms with E-state index in [9.17, 15) is 4.57 Å². The Morgan fingerprint density at radius 3 is 1.44 bits per heavy atom. The average Bonchev–Trinajstić information content (AvgIpc) is 2.31. The topological polar surface area (TPSA) is 17.1 Å². The standard InChI is InChI=1S/C12H11OPS2/c13-14(15-11-7-3-1-4-8-11)16-12-9-5-2-6-10-12/h1-10,14H. The van der Waals surface area contributed by atoms with Crippen LogP contribution in [0.2, 0.25) is 0 Å². The number of benzene rings is 2. The summed E-state index contributed by atoms with van der Waals surface area (Å²) in [4.78, 5) is 2.13. The summed E-state index contributed by atoms with van der Waals surface area (Å²) >= 11 is 2.90. The highest BCUT2D eigenvalue weighted by Crippen LogP contribution is 2.56. The molecule has 0 radical (unpaired) electrons. The zero-order valence-electron chi connectivity index (χ0n) is 8.50. The molecule has 0 fully saturated rings. The van der Waals surface area contributed by atoms with Crippen molar-refractivity contribution in [3.8, 4) is 0 Å². The van der Waals surface area contributed by atoms with Crippen LogP contribution < -0.4 is 0 Å². The van der Waals surface area contributed by atoms with Crippen LogP contribution >= 0.6 is 29.0 Å². The van der Waals surface area contributed by atoms with Crippen molar-refractivity contribution in [2.24, 2.45) is 0 Å². The van der Waals surface area contributed by atoms with E-state index in [0.29, 0.717) is 0 Å². The highest BCUT2D eigenvalue weighted by atomic mass is 33.1. The van der Waals surface area contributed by atoms with Gasteiger partial charge >= 0.3 is 0 Å². The summed E-state index contributed by atoms with van der Waals surface area (Å²) in [6.45, 7) is 0. The Labute approximate surface area is 104 Å². The van der Waals surface area contributed by atoms with Gasteiger partial charge in [-0.25, -0.2) is 0 Å². The summed E-state index contributed by atoms with van der Waals surface area (Å²) in [7, 11) is 0. The molecule has 0 heterocycles. The van der Waals surface area contributed by atoms with E-state index in [1.165, 1.54) is 22.8 Å². The smallest absolute Gasteiger partial charge is 0.189 e. The molecule has 0 spiro atoms. The summed E-state index contributed by atoms with van der Waals surface area (Å²) in [6.07, 6.45) is -1.71. The monoisotopic (exact) mass is 266 g/mol. The van der Waals surface area contributed by atoms with Crippen molar-refractivity contribution in [2.45, 2.75) is 9.79 Å². The van der Waals surface area contributed by atoms with Crippen LogP contribution in [0.1, 0.15) is 0 Å². The lowest BCUT2D eigenvalue weighted by Gasteiger charge is -2.01. The Hall–Kier alpha value is -0.630. The molecule has 0 amide bonds. The first kappa shape index (κ1) is 11.8. The Morgan fingerprint density at radius 2 is 1.06 bits per heavy atom. The van der Waals surface area contributed by atoms with E-state index in [2.05, 4.69) is 0 Å². The van der Waals surface area contributed by atoms with Gasteiger partial charge in [0.25, 0.3) is 0 Å². The number of hydrogen-bond acceptors (Lipinski definition) is 3. The highest BCUT2D eigenvalue weighted by Gasteiger charge is 2.03. The molecule has 0 aliphatic carbocycles. The van der Waals surface area contributed by atoms with Crippen molar-refractivity contribution < 1.29 is 4.57 Å². The molecule has 4 heteroatoms. The normalized spacial score (nSPS) is 10.6. The fourth-order valence-corrected chi connectivity index (χ4v) is 6.41. The predicted octanol–water partition coefficient (Wildman–Crippen LogP) is 4.96. The molecule has 2 aromatic rings. The highest BCUT2D eigenvalue weighted by molar-refractivity contribution is 8.84. The first-order chi connectivity index (χ1) is 7.84. The number of hydrogen-bond donors (Lipinski definition) is 0. The van der Waals surface area contributed by atoms with Gasteiger partial charge < -0.3 is 4.57 Å². The molecule has 0 saturated carbocycles. The lowest BCUT2D eigenvalue weighted by Crippen LogP contribution is -1.65. The molecule has 2 aromatic carbocycles. The third-order valence-corrected chi connectivity index (χ3v) is 7.15. The molecule has 0 atom stereocenters. The second-order valence-electron chi connectivity index (χ2n) is 3.08. The zero-order valence-corrected chi connectivity index (χ0v) is 11.1. The summed E-state index contributed by atoms with van der Waals surface area (Å²) < 4.78 is 11.9. The second kappa shape index (κ2) is 6.19. The Morgan fingerprint density at radius 1 is 0.688 bits per heavy atom. The van der Waals surface area contributed by atoms with Crippen molar-refractivity contribution in [1.29, 1.82) is 0 Å². The molecular weight excluding hydrogens is 255 g/mol. The summed E-state index contributed by atoms with van der Waals surface area (Å²) in [6, 6.07) is 19.7. The molecule has 0 aliphatic heterocycles. The minimum absolute atomic E-state index is 1.06. The third kappa shape index (κ3) is 3.75. The molecular formula is C12H11OPS2. The lowest BCUT2D eigenvalue weighted by molar-refractivity contribution is 0.603. The maximum absolute atomic E-state index is 11.9. The van der Waals surface area contributed by atoms with Crippen molar-refractivity contribution in [3.05, 3.63) is 60.7 Å². The van der Waals surface area contributed by atoms with Gasteiger partial charge in [0.05, 0.1) is 0 Å². The molecule has 0 unspecified atom stereocenters. The first-order valence-corrected chi connectivity index (χ1v) is 9.33. The zero-order chi connectivity index (χ0) is 11.2. The fourth-order valence-electron chi connectivity index (χ4n) is 1.19. The van der Waals surface area contributed by atoms with Crippen LogP contribution in [0.25, 0.3) is 0 Å². The van der Waals surface area contributed by atoms with E-state index in [-0.39, 0.29) is 0 Å². The van der Waals surface area contributed by atoms with E-state index < -0.39 is 6.20 Å². The quantitative estimate of drug-likeness (QED) is 0.728. The van der Waals surface area contributed by atoms with Crippen LogP contribution in [0.15, 0.2) is 70.5 Å². The average molecular weight is 266 g/mol. The van der Waals surface area contributed by atoms with Gasteiger partial charge in [0.2, 0.25) is 0 Å². The maximum Gasteiger partial charge on any atom is 0.189 e. The van der Waals surface area contributed by atoms with Crippen LogP contribution in [0.3, 0.4) is 0 Å². The van der Waals surface area contributed by atoms with E-state index in [1.807, 2.05) is 60.7 Å². The summed E-state index contributed by atoms with van der Waals surface area (Å²) in [5.74, 6) is 0. The van der Waals surface area contributed by atoms with Crippen LogP contribution in [0.5, 0.6) is 0 Å². The largest absolute Gasteiger partial charge is 0.303 e. The van der Waals surface area contributed by atoms with Gasteiger partial charge in [-0.3, -0.25) is 0 Å². The Balaban J connectivity index is 1.95. The molecule has 0 bridgehead atoms. The van der Waals surface area contributed by atoms with Gasteiger partial charge in [-0.1, -0.05) is 59.2 Å². The molecule has 16 heavy (non-hydrogen) atoms. The first-order valence-electron chi connectivity index (χ1n) is 4.84. The molecule has 0 saturated heterocycles. The number of rotatable bonds is 4. The van der Waals surface area contributed by atoms with E-state index in [0.717, 1.165) is 9.79 Å². The van der Waals surface area contributed by atoms with Crippen molar-refractivity contribution >= 4 is 29.0 Å². The van der Waals surface area contributed by atoms with Gasteiger partial charge in [0, 0.05) is 9.79 Å². The second-order valence-corrected chi connectivity index (χ2v) is 9.16. The van der Waals surface area contributed by atoms with Crippen LogP contribution in [-0.4, -0.2) is 0 Å². The maximum atomic E-state index is 11.9. The van der Waals surface area contributed by atoms with Crippen molar-refractivity contribution in [3.63, 3.8) is 0 Å². The van der Waals surface area contributed by atoms with E-state index in [4.69, 9.17) is 0 Å². The molecule has 0 N–H and O–H groups in total. The lowest BCUT2D eigenvalue weighted by atomic mass is 10.4. The minimum Gasteiger partial charge on any atom is -0.303 e. The van der Waals surface area contributed by atoms with E-state index >= 15 is 0 Å². The van der Waals surface area contributed by atoms with Gasteiger partial charge in [0.1, 0.15) is 0 Å². The predicted molar refractivity (Wildman–Crippen MR) is 73.6 cm³/mol. The molecule has 1 nitrogen and oxygen atoms in total. The molecule has 0 aromatic heterocycles. The molecule has 82 valence electrons. The van der Waals surface area contributed by atoms with Gasteiger partial charge in [-0.05, 0) is 24.3 Å². The summed E-state index contributed by atoms with van der Waals surface area (Å²) in [5.41, 5.74) is 0. The minimum atomic E-state index is -1.71. The van der Waals surface area contributed by atoms with Crippen molar-refractivity contribution in [1.82, 2.24) is 0 Å². The Bertz CT molecular complexity index is 415. The summed E-state index contributed by atoms with van der Waals surface area (Å²) in [5, 5.41) is 0. The molecule has 2 rings (SSSR count). The van der Waals surface area contributed by atoms with Gasteiger partial charge in [-0.2, -0.15) is 0 Å². The SMILES string of the molecule is O=[PH](Sc1ccccc1)Sc1ccccc1. The third-order valence-electron chi connectivity index (χ3n) is 1.89. The van der Waals surface area contributed by atoms with Crippen LogP contribution in [0.4, 0.5) is 0 Å². The Kier molecular flexibility index (Phi) is 4.58. The van der Waals surface area contributed by atoms with Crippen LogP contribution in [-0.2, 0) is 4.57 Å². The van der Waals surface area contributed by atoms with Gasteiger partial charge in [0.15, 0.2) is 6.20 Å². The van der Waals surface area contributed by atoms with Crippen molar-refractivity contribution in [2.75, 3.05) is 0 Å². The fraction of sp³-hybridized carbons (Fsp3) is 0.